The minimum absolute atomic E-state index is 0.822. The minimum Gasteiger partial charge on any atom is -0.371 e. The number of hydrogen-bond acceptors (Lipinski definition) is 3. The number of aromatic nitrogens is 1. The van der Waals surface area contributed by atoms with E-state index < -0.39 is 0 Å². The standard InChI is InChI=1S/C18H25N3/c1-3-14-7-6-10-21(13-14)18-11-15(12-19-2)20-17-9-5-4-8-16(17)18/h4-5,8-9,11,14,19H,3,6-7,10,12-13H2,1-2H3. The van der Waals surface area contributed by atoms with Gasteiger partial charge in [0, 0.05) is 30.7 Å². The zero-order chi connectivity index (χ0) is 14.7. The van der Waals surface area contributed by atoms with Crippen molar-refractivity contribution >= 4 is 16.6 Å². The molecule has 1 aliphatic heterocycles. The van der Waals surface area contributed by atoms with Crippen LogP contribution in [0.3, 0.4) is 0 Å². The third-order valence-corrected chi connectivity index (χ3v) is 4.54. The molecule has 1 unspecified atom stereocenters. The van der Waals surface area contributed by atoms with E-state index in [1.165, 1.54) is 43.4 Å². The quantitative estimate of drug-likeness (QED) is 0.929. The Kier molecular flexibility index (Phi) is 4.39. The molecular formula is C18H25N3. The molecule has 3 rings (SSSR count). The van der Waals surface area contributed by atoms with E-state index in [0.717, 1.165) is 23.7 Å². The first-order valence-corrected chi connectivity index (χ1v) is 8.10. The summed E-state index contributed by atoms with van der Waals surface area (Å²) < 4.78 is 0. The molecule has 0 bridgehead atoms. The molecule has 3 nitrogen and oxygen atoms in total. The van der Waals surface area contributed by atoms with Gasteiger partial charge in [-0.05, 0) is 37.9 Å². The molecule has 0 amide bonds. The average molecular weight is 283 g/mol. The van der Waals surface area contributed by atoms with Gasteiger partial charge in [-0.3, -0.25) is 4.98 Å². The highest BCUT2D eigenvalue weighted by Crippen LogP contribution is 2.31. The second-order valence-electron chi connectivity index (χ2n) is 6.04. The van der Waals surface area contributed by atoms with E-state index in [2.05, 4.69) is 47.5 Å². The van der Waals surface area contributed by atoms with Crippen LogP contribution in [0.25, 0.3) is 10.9 Å². The monoisotopic (exact) mass is 283 g/mol. The maximum Gasteiger partial charge on any atom is 0.0726 e. The first-order valence-electron chi connectivity index (χ1n) is 8.10. The van der Waals surface area contributed by atoms with Gasteiger partial charge in [-0.2, -0.15) is 0 Å². The lowest BCUT2D eigenvalue weighted by Crippen LogP contribution is -2.35. The topological polar surface area (TPSA) is 28.2 Å². The highest BCUT2D eigenvalue weighted by molar-refractivity contribution is 5.92. The molecule has 112 valence electrons. The molecule has 1 aromatic heterocycles. The molecule has 1 aromatic carbocycles. The molecular weight excluding hydrogens is 258 g/mol. The molecule has 0 saturated carbocycles. The summed E-state index contributed by atoms with van der Waals surface area (Å²) in [5.41, 5.74) is 3.60. The molecule has 21 heavy (non-hydrogen) atoms. The molecule has 0 spiro atoms. The third-order valence-electron chi connectivity index (χ3n) is 4.54. The zero-order valence-electron chi connectivity index (χ0n) is 13.1. The van der Waals surface area contributed by atoms with Crippen LogP contribution >= 0.6 is 0 Å². The number of anilines is 1. The van der Waals surface area contributed by atoms with Gasteiger partial charge in [0.25, 0.3) is 0 Å². The van der Waals surface area contributed by atoms with Crippen molar-refractivity contribution in [1.82, 2.24) is 10.3 Å². The lowest BCUT2D eigenvalue weighted by Gasteiger charge is -2.35. The van der Waals surface area contributed by atoms with Gasteiger partial charge in [-0.15, -0.1) is 0 Å². The SMILES string of the molecule is CCC1CCCN(c2cc(CNC)nc3ccccc23)C1. The molecule has 1 saturated heterocycles. The number of para-hydroxylation sites is 1. The third kappa shape index (κ3) is 3.03. The van der Waals surface area contributed by atoms with Crippen molar-refractivity contribution in [3.8, 4) is 0 Å². The number of nitrogens with zero attached hydrogens (tertiary/aromatic N) is 2. The predicted molar refractivity (Wildman–Crippen MR) is 89.7 cm³/mol. The van der Waals surface area contributed by atoms with Crippen LogP contribution in [0, 0.1) is 5.92 Å². The Bertz CT molecular complexity index is 608. The predicted octanol–water partition coefficient (Wildman–Crippen LogP) is 3.58. The van der Waals surface area contributed by atoms with Gasteiger partial charge in [-0.1, -0.05) is 31.5 Å². The Hall–Kier alpha value is -1.61. The van der Waals surface area contributed by atoms with Gasteiger partial charge >= 0.3 is 0 Å². The van der Waals surface area contributed by atoms with Crippen molar-refractivity contribution in [3.63, 3.8) is 0 Å². The van der Waals surface area contributed by atoms with E-state index in [0.29, 0.717) is 0 Å². The summed E-state index contributed by atoms with van der Waals surface area (Å²) in [6.07, 6.45) is 3.96. The van der Waals surface area contributed by atoms with Crippen molar-refractivity contribution in [2.24, 2.45) is 5.92 Å². The largest absolute Gasteiger partial charge is 0.371 e. The maximum absolute atomic E-state index is 4.77. The van der Waals surface area contributed by atoms with Crippen LogP contribution in [-0.2, 0) is 6.54 Å². The van der Waals surface area contributed by atoms with Crippen molar-refractivity contribution in [2.45, 2.75) is 32.7 Å². The van der Waals surface area contributed by atoms with Gasteiger partial charge in [0.1, 0.15) is 0 Å². The fraction of sp³-hybridized carbons (Fsp3) is 0.500. The molecule has 0 aliphatic carbocycles. The maximum atomic E-state index is 4.77. The summed E-state index contributed by atoms with van der Waals surface area (Å²) in [5, 5.41) is 4.50. The number of rotatable bonds is 4. The number of pyridine rings is 1. The molecule has 0 radical (unpaired) electrons. The van der Waals surface area contributed by atoms with Crippen LogP contribution in [0.1, 0.15) is 31.9 Å². The number of piperidine rings is 1. The lowest BCUT2D eigenvalue weighted by atomic mass is 9.95. The van der Waals surface area contributed by atoms with E-state index in [1.807, 2.05) is 7.05 Å². The van der Waals surface area contributed by atoms with Gasteiger partial charge < -0.3 is 10.2 Å². The second-order valence-corrected chi connectivity index (χ2v) is 6.04. The summed E-state index contributed by atoms with van der Waals surface area (Å²) in [4.78, 5) is 7.34. The van der Waals surface area contributed by atoms with Gasteiger partial charge in [0.2, 0.25) is 0 Å². The number of hydrogen-bond donors (Lipinski definition) is 1. The molecule has 1 fully saturated rings. The van der Waals surface area contributed by atoms with Crippen LogP contribution in [-0.4, -0.2) is 25.1 Å². The first-order chi connectivity index (χ1) is 10.3. The van der Waals surface area contributed by atoms with E-state index in [9.17, 15) is 0 Å². The summed E-state index contributed by atoms with van der Waals surface area (Å²) in [6.45, 7) is 5.49. The van der Waals surface area contributed by atoms with Crippen LogP contribution < -0.4 is 10.2 Å². The van der Waals surface area contributed by atoms with Crippen LogP contribution in [0.5, 0.6) is 0 Å². The molecule has 2 heterocycles. The molecule has 2 aromatic rings. The molecule has 3 heteroatoms. The molecule has 1 N–H and O–H groups in total. The fourth-order valence-electron chi connectivity index (χ4n) is 3.36. The summed E-state index contributed by atoms with van der Waals surface area (Å²) in [7, 11) is 1.98. The van der Waals surface area contributed by atoms with Crippen molar-refractivity contribution in [2.75, 3.05) is 25.0 Å². The summed E-state index contributed by atoms with van der Waals surface area (Å²) in [6, 6.07) is 10.8. The highest BCUT2D eigenvalue weighted by atomic mass is 15.1. The number of fused-ring (bicyclic) bond motifs is 1. The van der Waals surface area contributed by atoms with Crippen LogP contribution in [0.4, 0.5) is 5.69 Å². The smallest absolute Gasteiger partial charge is 0.0726 e. The highest BCUT2D eigenvalue weighted by Gasteiger charge is 2.20. The van der Waals surface area contributed by atoms with E-state index in [1.54, 1.807) is 0 Å². The number of benzene rings is 1. The van der Waals surface area contributed by atoms with E-state index >= 15 is 0 Å². The fourth-order valence-corrected chi connectivity index (χ4v) is 3.36. The average Bonchev–Trinajstić information content (AvgIpc) is 2.54. The Morgan fingerprint density at radius 2 is 2.19 bits per heavy atom. The zero-order valence-corrected chi connectivity index (χ0v) is 13.1. The Labute approximate surface area is 127 Å². The van der Waals surface area contributed by atoms with Gasteiger partial charge in [0.05, 0.1) is 11.2 Å². The van der Waals surface area contributed by atoms with E-state index in [4.69, 9.17) is 4.98 Å². The van der Waals surface area contributed by atoms with Crippen molar-refractivity contribution < 1.29 is 0 Å². The molecule has 1 aliphatic rings. The second kappa shape index (κ2) is 6.44. The summed E-state index contributed by atoms with van der Waals surface area (Å²) >= 11 is 0. The van der Waals surface area contributed by atoms with Gasteiger partial charge in [-0.25, -0.2) is 0 Å². The van der Waals surface area contributed by atoms with Crippen molar-refractivity contribution in [1.29, 1.82) is 0 Å². The van der Waals surface area contributed by atoms with Crippen molar-refractivity contribution in [3.05, 3.63) is 36.0 Å². The normalized spacial score (nSPS) is 19.1. The minimum atomic E-state index is 0.822. The summed E-state index contributed by atoms with van der Waals surface area (Å²) in [5.74, 6) is 0.832. The Morgan fingerprint density at radius 3 is 3.00 bits per heavy atom. The van der Waals surface area contributed by atoms with Gasteiger partial charge in [0.15, 0.2) is 0 Å². The first kappa shape index (κ1) is 14.3. The Balaban J connectivity index is 2.02. The lowest BCUT2D eigenvalue weighted by molar-refractivity contribution is 0.405. The number of nitrogens with one attached hydrogen (secondary N) is 1. The Morgan fingerprint density at radius 1 is 1.33 bits per heavy atom. The van der Waals surface area contributed by atoms with E-state index in [-0.39, 0.29) is 0 Å². The van der Waals surface area contributed by atoms with Crippen LogP contribution in [0.2, 0.25) is 0 Å². The van der Waals surface area contributed by atoms with Crippen LogP contribution in [0.15, 0.2) is 30.3 Å². The molecule has 1 atom stereocenters.